The van der Waals surface area contributed by atoms with Crippen LogP contribution in [-0.4, -0.2) is 35.8 Å². The maximum atomic E-state index is 11.4. The van der Waals surface area contributed by atoms with Gasteiger partial charge in [-0.2, -0.15) is 5.10 Å². The molecule has 0 saturated carbocycles. The van der Waals surface area contributed by atoms with Crippen LogP contribution in [-0.2, 0) is 9.59 Å². The number of ether oxygens (including phenoxy) is 1. The van der Waals surface area contributed by atoms with Gasteiger partial charge in [-0.1, -0.05) is 6.07 Å². The molecule has 1 rings (SSSR count). The minimum absolute atomic E-state index is 0.0796. The number of para-hydroxylation sites is 1. The first kappa shape index (κ1) is 16.5. The van der Waals surface area contributed by atoms with Gasteiger partial charge >= 0.3 is 11.8 Å². The molecular weight excluding hydrogens is 274 g/mol. The van der Waals surface area contributed by atoms with Crippen molar-refractivity contribution in [3.05, 3.63) is 23.8 Å². The molecule has 0 fully saturated rings. The Balaban J connectivity index is 2.67. The average Bonchev–Trinajstić information content (AvgIpc) is 2.42. The van der Waals surface area contributed by atoms with E-state index in [1.165, 1.54) is 6.21 Å². The fourth-order valence-corrected chi connectivity index (χ4v) is 1.45. The number of rotatable bonds is 5. The van der Waals surface area contributed by atoms with Gasteiger partial charge in [0, 0.05) is 11.6 Å². The zero-order valence-electron chi connectivity index (χ0n) is 12.2. The molecule has 7 nitrogen and oxygen atoms in total. The Morgan fingerprint density at radius 3 is 2.71 bits per heavy atom. The number of hydrogen-bond donors (Lipinski definition) is 3. The van der Waals surface area contributed by atoms with Gasteiger partial charge < -0.3 is 15.2 Å². The number of carbonyl (C=O) groups is 2. The van der Waals surface area contributed by atoms with E-state index >= 15 is 0 Å². The lowest BCUT2D eigenvalue weighted by atomic mass is 10.2. The van der Waals surface area contributed by atoms with Crippen molar-refractivity contribution in [2.75, 3.05) is 6.61 Å². The highest BCUT2D eigenvalue weighted by atomic mass is 16.5. The number of phenolic OH excluding ortho intramolecular Hbond substituents is 1. The summed E-state index contributed by atoms with van der Waals surface area (Å²) in [7, 11) is 0. The molecule has 0 atom stereocenters. The number of nitrogens with zero attached hydrogens (tertiary/aromatic N) is 1. The van der Waals surface area contributed by atoms with Crippen molar-refractivity contribution < 1.29 is 19.4 Å². The SMILES string of the molecule is CCOc1cccc(/C=N/NC(=O)C(=O)NC(C)C)c1O. The topological polar surface area (TPSA) is 100 Å². The summed E-state index contributed by atoms with van der Waals surface area (Å²) in [4.78, 5) is 22.7. The zero-order chi connectivity index (χ0) is 15.8. The molecule has 1 aromatic rings. The standard InChI is InChI=1S/C14H19N3O4/c1-4-21-11-7-5-6-10(12(11)18)8-15-17-14(20)13(19)16-9(2)3/h5-9,18H,4H2,1-3H3,(H,16,19)(H,17,20)/b15-8+. The van der Waals surface area contributed by atoms with Gasteiger partial charge in [-0.25, -0.2) is 5.43 Å². The number of benzene rings is 1. The Kier molecular flexibility index (Phi) is 6.19. The lowest BCUT2D eigenvalue weighted by Crippen LogP contribution is -2.41. The number of nitrogens with one attached hydrogen (secondary N) is 2. The first-order chi connectivity index (χ1) is 9.95. The quantitative estimate of drug-likeness (QED) is 0.424. The minimum atomic E-state index is -0.875. The molecule has 0 spiro atoms. The fourth-order valence-electron chi connectivity index (χ4n) is 1.45. The summed E-state index contributed by atoms with van der Waals surface area (Å²) in [6, 6.07) is 4.76. The second-order valence-corrected chi connectivity index (χ2v) is 4.45. The average molecular weight is 293 g/mol. The van der Waals surface area contributed by atoms with Gasteiger partial charge in [0.15, 0.2) is 11.5 Å². The molecule has 3 N–H and O–H groups in total. The van der Waals surface area contributed by atoms with E-state index in [1.54, 1.807) is 39.0 Å². The van der Waals surface area contributed by atoms with E-state index in [1.807, 2.05) is 0 Å². The van der Waals surface area contributed by atoms with Crippen LogP contribution in [0, 0.1) is 0 Å². The van der Waals surface area contributed by atoms with E-state index in [0.717, 1.165) is 0 Å². The maximum absolute atomic E-state index is 11.4. The van der Waals surface area contributed by atoms with Crippen molar-refractivity contribution in [3.8, 4) is 11.5 Å². The van der Waals surface area contributed by atoms with Gasteiger partial charge in [-0.3, -0.25) is 9.59 Å². The summed E-state index contributed by atoms with van der Waals surface area (Å²) in [5.74, 6) is -1.40. The van der Waals surface area contributed by atoms with E-state index in [4.69, 9.17) is 4.74 Å². The molecule has 0 bridgehead atoms. The minimum Gasteiger partial charge on any atom is -0.504 e. The number of hydrogen-bond acceptors (Lipinski definition) is 5. The summed E-state index contributed by atoms with van der Waals surface area (Å²) in [5.41, 5.74) is 2.45. The van der Waals surface area contributed by atoms with Gasteiger partial charge in [0.1, 0.15) is 0 Å². The van der Waals surface area contributed by atoms with Crippen molar-refractivity contribution in [2.45, 2.75) is 26.8 Å². The Hall–Kier alpha value is -2.57. The van der Waals surface area contributed by atoms with Crippen molar-refractivity contribution >= 4 is 18.0 Å². The third kappa shape index (κ3) is 5.13. The first-order valence-corrected chi connectivity index (χ1v) is 6.54. The molecule has 0 aliphatic rings. The van der Waals surface area contributed by atoms with E-state index in [0.29, 0.717) is 17.9 Å². The van der Waals surface area contributed by atoms with Crippen LogP contribution in [0.3, 0.4) is 0 Å². The Morgan fingerprint density at radius 1 is 1.38 bits per heavy atom. The Morgan fingerprint density at radius 2 is 2.10 bits per heavy atom. The van der Waals surface area contributed by atoms with Crippen molar-refractivity contribution in [2.24, 2.45) is 5.10 Å². The second kappa shape index (κ2) is 7.88. The van der Waals surface area contributed by atoms with Crippen LogP contribution in [0.25, 0.3) is 0 Å². The molecule has 7 heteroatoms. The molecule has 21 heavy (non-hydrogen) atoms. The zero-order valence-corrected chi connectivity index (χ0v) is 12.2. The van der Waals surface area contributed by atoms with Gasteiger partial charge in [-0.05, 0) is 32.9 Å². The Bertz CT molecular complexity index is 541. The van der Waals surface area contributed by atoms with Crippen molar-refractivity contribution in [3.63, 3.8) is 0 Å². The molecule has 0 heterocycles. The Labute approximate surface area is 123 Å². The van der Waals surface area contributed by atoms with E-state index in [-0.39, 0.29) is 11.8 Å². The van der Waals surface area contributed by atoms with Crippen LogP contribution in [0.2, 0.25) is 0 Å². The number of carbonyl (C=O) groups excluding carboxylic acids is 2. The van der Waals surface area contributed by atoms with E-state index in [2.05, 4.69) is 15.8 Å². The largest absolute Gasteiger partial charge is 0.504 e. The second-order valence-electron chi connectivity index (χ2n) is 4.45. The van der Waals surface area contributed by atoms with E-state index in [9.17, 15) is 14.7 Å². The van der Waals surface area contributed by atoms with Crippen LogP contribution in [0.1, 0.15) is 26.3 Å². The molecule has 0 aliphatic carbocycles. The highest BCUT2D eigenvalue weighted by Crippen LogP contribution is 2.28. The molecule has 1 aromatic carbocycles. The number of amides is 2. The molecule has 0 radical (unpaired) electrons. The fraction of sp³-hybridized carbons (Fsp3) is 0.357. The molecule has 0 aliphatic heterocycles. The summed E-state index contributed by atoms with van der Waals surface area (Å²) in [6.45, 7) is 5.70. The van der Waals surface area contributed by atoms with Crippen LogP contribution in [0.5, 0.6) is 11.5 Å². The molecule has 2 amide bonds. The van der Waals surface area contributed by atoms with Gasteiger partial charge in [0.05, 0.1) is 12.8 Å². The van der Waals surface area contributed by atoms with E-state index < -0.39 is 11.8 Å². The number of phenols is 1. The molecule has 0 unspecified atom stereocenters. The highest BCUT2D eigenvalue weighted by Gasteiger charge is 2.13. The number of aromatic hydroxyl groups is 1. The first-order valence-electron chi connectivity index (χ1n) is 6.54. The molecule has 114 valence electrons. The smallest absolute Gasteiger partial charge is 0.329 e. The summed E-state index contributed by atoms with van der Waals surface area (Å²) in [6.07, 6.45) is 1.23. The third-order valence-electron chi connectivity index (χ3n) is 2.33. The highest BCUT2D eigenvalue weighted by molar-refractivity contribution is 6.35. The van der Waals surface area contributed by atoms with Crippen LogP contribution < -0.4 is 15.5 Å². The lowest BCUT2D eigenvalue weighted by molar-refractivity contribution is -0.139. The summed E-state index contributed by atoms with van der Waals surface area (Å²) < 4.78 is 5.22. The van der Waals surface area contributed by atoms with Gasteiger partial charge in [-0.15, -0.1) is 0 Å². The summed E-state index contributed by atoms with van der Waals surface area (Å²) in [5, 5.41) is 16.0. The lowest BCUT2D eigenvalue weighted by Gasteiger charge is -2.07. The predicted molar refractivity (Wildman–Crippen MR) is 78.3 cm³/mol. The third-order valence-corrected chi connectivity index (χ3v) is 2.33. The molecular formula is C14H19N3O4. The molecule has 0 saturated heterocycles. The van der Waals surface area contributed by atoms with Crippen LogP contribution >= 0.6 is 0 Å². The van der Waals surface area contributed by atoms with Crippen molar-refractivity contribution in [1.82, 2.24) is 10.7 Å². The van der Waals surface area contributed by atoms with Gasteiger partial charge in [0.2, 0.25) is 0 Å². The van der Waals surface area contributed by atoms with Crippen LogP contribution in [0.15, 0.2) is 23.3 Å². The number of hydrazone groups is 1. The predicted octanol–water partition coefficient (Wildman–Crippen LogP) is 0.766. The van der Waals surface area contributed by atoms with Gasteiger partial charge in [0.25, 0.3) is 0 Å². The summed E-state index contributed by atoms with van der Waals surface area (Å²) >= 11 is 0. The normalized spacial score (nSPS) is 10.7. The maximum Gasteiger partial charge on any atom is 0.329 e. The monoisotopic (exact) mass is 293 g/mol. The van der Waals surface area contributed by atoms with Crippen molar-refractivity contribution in [1.29, 1.82) is 0 Å². The van der Waals surface area contributed by atoms with Crippen LogP contribution in [0.4, 0.5) is 0 Å². The molecule has 0 aromatic heterocycles.